The van der Waals surface area contributed by atoms with Crippen molar-refractivity contribution in [1.82, 2.24) is 0 Å². The first-order valence-corrected chi connectivity index (χ1v) is 6.49. The highest BCUT2D eigenvalue weighted by Gasteiger charge is 2.20. The number of carbonyl (C=O) groups excluding carboxylic acids is 1. The number of phenols is 1. The fourth-order valence-electron chi connectivity index (χ4n) is 1.55. The number of esters is 1. The minimum atomic E-state index is -0.258. The highest BCUT2D eigenvalue weighted by molar-refractivity contribution is 8.00. The van der Waals surface area contributed by atoms with E-state index in [2.05, 4.69) is 18.6 Å². The van der Waals surface area contributed by atoms with E-state index < -0.39 is 0 Å². The number of methoxy groups -OCH3 is 1. The highest BCUT2D eigenvalue weighted by Crippen LogP contribution is 2.39. The van der Waals surface area contributed by atoms with Crippen molar-refractivity contribution in [3.05, 3.63) is 29.8 Å². The minimum Gasteiger partial charge on any atom is -0.508 e. The molecule has 4 heteroatoms. The number of thioether (sulfide) groups is 1. The van der Waals surface area contributed by atoms with Gasteiger partial charge in [-0.05, 0) is 11.3 Å². The van der Waals surface area contributed by atoms with Gasteiger partial charge in [-0.25, -0.2) is 0 Å². The van der Waals surface area contributed by atoms with Crippen LogP contribution in [-0.2, 0) is 9.53 Å². The van der Waals surface area contributed by atoms with E-state index in [4.69, 9.17) is 0 Å². The molecule has 0 heterocycles. The zero-order valence-corrected chi connectivity index (χ0v) is 11.2. The van der Waals surface area contributed by atoms with Gasteiger partial charge in [0.2, 0.25) is 0 Å². The number of carbonyl (C=O) groups is 1. The van der Waals surface area contributed by atoms with Crippen LogP contribution in [0.25, 0.3) is 0 Å². The Morgan fingerprint density at radius 1 is 1.41 bits per heavy atom. The van der Waals surface area contributed by atoms with Gasteiger partial charge in [-0.15, -0.1) is 0 Å². The lowest BCUT2D eigenvalue weighted by Crippen LogP contribution is -2.08. The molecule has 0 aromatic heterocycles. The molecule has 94 valence electrons. The average Bonchev–Trinajstić information content (AvgIpc) is 2.28. The van der Waals surface area contributed by atoms with Crippen LogP contribution < -0.4 is 0 Å². The first kappa shape index (κ1) is 13.9. The quantitative estimate of drug-likeness (QED) is 0.820. The van der Waals surface area contributed by atoms with Gasteiger partial charge in [-0.2, -0.15) is 11.8 Å². The fourth-order valence-corrected chi connectivity index (χ4v) is 2.79. The van der Waals surface area contributed by atoms with Crippen LogP contribution in [0.5, 0.6) is 5.75 Å². The standard InChI is InChI=1S/C13H18O3S/c1-9(2)17-12(8-13(15)16-3)10-6-4-5-7-11(10)14/h4-7,9,12,14H,8H2,1-3H3. The molecule has 1 N–H and O–H groups in total. The van der Waals surface area contributed by atoms with Gasteiger partial charge in [-0.1, -0.05) is 32.0 Å². The third-order valence-electron chi connectivity index (χ3n) is 2.30. The Morgan fingerprint density at radius 3 is 2.59 bits per heavy atom. The number of para-hydroxylation sites is 1. The van der Waals surface area contributed by atoms with Crippen molar-refractivity contribution in [2.24, 2.45) is 0 Å². The maximum absolute atomic E-state index is 11.4. The lowest BCUT2D eigenvalue weighted by molar-refractivity contribution is -0.140. The van der Waals surface area contributed by atoms with Crippen LogP contribution in [0, 0.1) is 0 Å². The number of hydrogen-bond donors (Lipinski definition) is 1. The lowest BCUT2D eigenvalue weighted by atomic mass is 10.1. The van der Waals surface area contributed by atoms with E-state index in [1.54, 1.807) is 23.9 Å². The van der Waals surface area contributed by atoms with E-state index in [0.29, 0.717) is 5.25 Å². The Balaban J connectivity index is 2.89. The molecule has 0 aliphatic heterocycles. The van der Waals surface area contributed by atoms with Crippen molar-refractivity contribution < 1.29 is 14.6 Å². The Kier molecular flexibility index (Phi) is 5.35. The summed E-state index contributed by atoms with van der Waals surface area (Å²) in [6.45, 7) is 4.13. The molecular weight excluding hydrogens is 236 g/mol. The molecular formula is C13H18O3S. The van der Waals surface area contributed by atoms with Crippen molar-refractivity contribution in [1.29, 1.82) is 0 Å². The molecule has 0 spiro atoms. The summed E-state index contributed by atoms with van der Waals surface area (Å²) in [5, 5.41) is 10.1. The summed E-state index contributed by atoms with van der Waals surface area (Å²) in [4.78, 5) is 11.4. The van der Waals surface area contributed by atoms with Gasteiger partial charge in [-0.3, -0.25) is 4.79 Å². The van der Waals surface area contributed by atoms with Crippen molar-refractivity contribution >= 4 is 17.7 Å². The maximum atomic E-state index is 11.4. The summed E-state index contributed by atoms with van der Waals surface area (Å²) >= 11 is 1.65. The monoisotopic (exact) mass is 254 g/mol. The van der Waals surface area contributed by atoms with Gasteiger partial charge in [0.05, 0.1) is 13.5 Å². The Morgan fingerprint density at radius 2 is 2.06 bits per heavy atom. The second-order valence-corrected chi connectivity index (χ2v) is 5.80. The molecule has 0 aliphatic carbocycles. The van der Waals surface area contributed by atoms with Crippen LogP contribution in [0.2, 0.25) is 0 Å². The molecule has 0 aliphatic rings. The summed E-state index contributed by atoms with van der Waals surface area (Å²) in [5.74, 6) is -0.0269. The van der Waals surface area contributed by atoms with Crippen LogP contribution in [0.3, 0.4) is 0 Å². The zero-order chi connectivity index (χ0) is 12.8. The second-order valence-electron chi connectivity index (χ2n) is 4.01. The predicted molar refractivity (Wildman–Crippen MR) is 70.2 cm³/mol. The van der Waals surface area contributed by atoms with Gasteiger partial charge in [0.25, 0.3) is 0 Å². The Hall–Kier alpha value is -1.16. The van der Waals surface area contributed by atoms with E-state index in [0.717, 1.165) is 5.56 Å². The normalized spacial score (nSPS) is 12.5. The predicted octanol–water partition coefficient (Wildman–Crippen LogP) is 3.14. The van der Waals surface area contributed by atoms with Crippen LogP contribution in [0.1, 0.15) is 31.1 Å². The molecule has 0 fully saturated rings. The van der Waals surface area contributed by atoms with E-state index in [-0.39, 0.29) is 23.4 Å². The molecule has 1 rings (SSSR count). The minimum absolute atomic E-state index is 0.0661. The summed E-state index contributed by atoms with van der Waals surface area (Å²) in [7, 11) is 1.38. The van der Waals surface area contributed by atoms with Gasteiger partial charge in [0.1, 0.15) is 5.75 Å². The second kappa shape index (κ2) is 6.55. The zero-order valence-electron chi connectivity index (χ0n) is 10.3. The van der Waals surface area contributed by atoms with E-state index >= 15 is 0 Å². The first-order chi connectivity index (χ1) is 8.04. The molecule has 17 heavy (non-hydrogen) atoms. The number of aromatic hydroxyl groups is 1. The van der Waals surface area contributed by atoms with Gasteiger partial charge in [0, 0.05) is 10.8 Å². The molecule has 1 aromatic carbocycles. The fraction of sp³-hybridized carbons (Fsp3) is 0.462. The molecule has 1 unspecified atom stereocenters. The molecule has 1 atom stereocenters. The van der Waals surface area contributed by atoms with Crippen LogP contribution >= 0.6 is 11.8 Å². The molecule has 0 saturated carbocycles. The van der Waals surface area contributed by atoms with Crippen LogP contribution in [-0.4, -0.2) is 23.4 Å². The summed E-state index contributed by atoms with van der Waals surface area (Å²) in [5.41, 5.74) is 0.789. The third-order valence-corrected chi connectivity index (χ3v) is 3.59. The number of phenolic OH excluding ortho intramolecular Hbond substituents is 1. The van der Waals surface area contributed by atoms with Crippen molar-refractivity contribution in [3.8, 4) is 5.75 Å². The smallest absolute Gasteiger partial charge is 0.306 e. The molecule has 1 aromatic rings. The summed E-state index contributed by atoms with van der Waals surface area (Å²) in [6, 6.07) is 7.12. The number of ether oxygens (including phenoxy) is 1. The largest absolute Gasteiger partial charge is 0.508 e. The SMILES string of the molecule is COC(=O)CC(SC(C)C)c1ccccc1O. The van der Waals surface area contributed by atoms with Gasteiger partial charge < -0.3 is 9.84 Å². The highest BCUT2D eigenvalue weighted by atomic mass is 32.2. The summed E-state index contributed by atoms with van der Waals surface area (Å²) < 4.78 is 4.69. The van der Waals surface area contributed by atoms with E-state index in [1.807, 2.05) is 12.1 Å². The van der Waals surface area contributed by atoms with Gasteiger partial charge in [0.15, 0.2) is 0 Å². The molecule has 0 bridgehead atoms. The maximum Gasteiger partial charge on any atom is 0.306 e. The van der Waals surface area contributed by atoms with Gasteiger partial charge >= 0.3 is 5.97 Å². The topological polar surface area (TPSA) is 46.5 Å². The van der Waals surface area contributed by atoms with E-state index in [9.17, 15) is 9.90 Å². The number of rotatable bonds is 5. The first-order valence-electron chi connectivity index (χ1n) is 5.54. The Labute approximate surface area is 106 Å². The molecule has 0 amide bonds. The van der Waals surface area contributed by atoms with Crippen LogP contribution in [0.15, 0.2) is 24.3 Å². The average molecular weight is 254 g/mol. The molecule has 3 nitrogen and oxygen atoms in total. The van der Waals surface area contributed by atoms with Crippen molar-refractivity contribution in [3.63, 3.8) is 0 Å². The lowest BCUT2D eigenvalue weighted by Gasteiger charge is -2.19. The Bertz CT molecular complexity index is 377. The molecule has 0 radical (unpaired) electrons. The summed E-state index contributed by atoms with van der Waals surface area (Å²) in [6.07, 6.45) is 0.275. The van der Waals surface area contributed by atoms with Crippen LogP contribution in [0.4, 0.5) is 0 Å². The van der Waals surface area contributed by atoms with Crippen molar-refractivity contribution in [2.45, 2.75) is 30.8 Å². The number of benzene rings is 1. The molecule has 0 saturated heterocycles. The van der Waals surface area contributed by atoms with Crippen molar-refractivity contribution in [2.75, 3.05) is 7.11 Å². The number of hydrogen-bond acceptors (Lipinski definition) is 4. The van der Waals surface area contributed by atoms with E-state index in [1.165, 1.54) is 7.11 Å². The third kappa shape index (κ3) is 4.30.